The van der Waals surface area contributed by atoms with E-state index in [0.29, 0.717) is 17.2 Å². The van der Waals surface area contributed by atoms with E-state index in [-0.39, 0.29) is 11.4 Å². The number of hydrogen-bond donors (Lipinski definition) is 2. The molecular formula is C19H18N2O4S. The van der Waals surface area contributed by atoms with Crippen LogP contribution in [0.15, 0.2) is 83.9 Å². The second-order valence-corrected chi connectivity index (χ2v) is 7.28. The summed E-state index contributed by atoms with van der Waals surface area (Å²) in [7, 11) is -3.75. The number of rotatable bonds is 7. The Morgan fingerprint density at radius 1 is 0.923 bits per heavy atom. The van der Waals surface area contributed by atoms with Gasteiger partial charge in [0.15, 0.2) is 0 Å². The van der Waals surface area contributed by atoms with Crippen molar-refractivity contribution in [3.8, 4) is 11.5 Å². The van der Waals surface area contributed by atoms with Crippen molar-refractivity contribution in [2.45, 2.75) is 11.0 Å². The number of benzene rings is 2. The van der Waals surface area contributed by atoms with Crippen molar-refractivity contribution in [3.63, 3.8) is 0 Å². The number of para-hydroxylation sites is 1. The van der Waals surface area contributed by atoms with Gasteiger partial charge in [0.1, 0.15) is 17.6 Å². The van der Waals surface area contributed by atoms with E-state index < -0.39 is 16.1 Å². The van der Waals surface area contributed by atoms with Crippen LogP contribution in [0.5, 0.6) is 11.5 Å². The quantitative estimate of drug-likeness (QED) is 0.668. The molecule has 3 rings (SSSR count). The average molecular weight is 370 g/mol. The van der Waals surface area contributed by atoms with Crippen LogP contribution in [0.25, 0.3) is 0 Å². The average Bonchev–Trinajstić information content (AvgIpc) is 2.68. The molecule has 0 aliphatic carbocycles. The zero-order valence-corrected chi connectivity index (χ0v) is 14.6. The summed E-state index contributed by atoms with van der Waals surface area (Å²) in [4.78, 5) is 4.09. The number of sulfonamides is 1. The molecular weight excluding hydrogens is 352 g/mol. The fraction of sp³-hybridized carbons (Fsp3) is 0.105. The molecule has 0 bridgehead atoms. The maximum Gasteiger partial charge on any atom is 0.240 e. The van der Waals surface area contributed by atoms with Crippen LogP contribution in [0.1, 0.15) is 11.8 Å². The van der Waals surface area contributed by atoms with Crippen molar-refractivity contribution in [2.24, 2.45) is 0 Å². The highest BCUT2D eigenvalue weighted by Crippen LogP contribution is 2.22. The maximum atomic E-state index is 12.4. The van der Waals surface area contributed by atoms with Crippen molar-refractivity contribution in [2.75, 3.05) is 6.54 Å². The van der Waals surface area contributed by atoms with Crippen molar-refractivity contribution >= 4 is 10.0 Å². The molecule has 1 aromatic heterocycles. The standard InChI is InChI=1S/C19H18N2O4S/c22-19(18-8-4-5-13-20-18)14-21-26(23,24)17-11-9-16(10-12-17)25-15-6-2-1-3-7-15/h1-13,19,21-22H,14H2. The fourth-order valence-corrected chi connectivity index (χ4v) is 3.30. The molecule has 3 aromatic rings. The maximum absolute atomic E-state index is 12.4. The van der Waals surface area contributed by atoms with Gasteiger partial charge in [0.2, 0.25) is 10.0 Å². The van der Waals surface area contributed by atoms with E-state index in [2.05, 4.69) is 9.71 Å². The molecule has 0 aliphatic rings. The Labute approximate surface area is 152 Å². The van der Waals surface area contributed by atoms with Crippen molar-refractivity contribution in [1.29, 1.82) is 0 Å². The van der Waals surface area contributed by atoms with Crippen LogP contribution in [0.2, 0.25) is 0 Å². The summed E-state index contributed by atoms with van der Waals surface area (Å²) in [6.07, 6.45) is 0.519. The molecule has 0 radical (unpaired) electrons. The summed E-state index contributed by atoms with van der Waals surface area (Å²) in [6, 6.07) is 20.4. The van der Waals surface area contributed by atoms with Gasteiger partial charge in [0.25, 0.3) is 0 Å². The van der Waals surface area contributed by atoms with Gasteiger partial charge in [-0.3, -0.25) is 4.98 Å². The molecule has 1 unspecified atom stereocenters. The van der Waals surface area contributed by atoms with Crippen molar-refractivity contribution in [3.05, 3.63) is 84.7 Å². The molecule has 0 saturated carbocycles. The van der Waals surface area contributed by atoms with Gasteiger partial charge >= 0.3 is 0 Å². The van der Waals surface area contributed by atoms with E-state index >= 15 is 0 Å². The second kappa shape index (κ2) is 8.09. The van der Waals surface area contributed by atoms with Crippen molar-refractivity contribution < 1.29 is 18.3 Å². The molecule has 2 N–H and O–H groups in total. The third-order valence-corrected chi connectivity index (χ3v) is 5.05. The molecule has 0 spiro atoms. The summed E-state index contributed by atoms with van der Waals surface area (Å²) in [5.74, 6) is 1.20. The number of nitrogens with zero attached hydrogens (tertiary/aromatic N) is 1. The Bertz CT molecular complexity index is 930. The third-order valence-electron chi connectivity index (χ3n) is 3.61. The summed E-state index contributed by atoms with van der Waals surface area (Å²) in [6.45, 7) is -0.165. The first-order chi connectivity index (χ1) is 12.5. The summed E-state index contributed by atoms with van der Waals surface area (Å²) in [5.41, 5.74) is 0.404. The minimum Gasteiger partial charge on any atom is -0.457 e. The molecule has 0 fully saturated rings. The summed E-state index contributed by atoms with van der Waals surface area (Å²) < 4.78 is 32.7. The second-order valence-electron chi connectivity index (χ2n) is 5.51. The van der Waals surface area contributed by atoms with Crippen molar-refractivity contribution in [1.82, 2.24) is 9.71 Å². The van der Waals surface area contributed by atoms with Crippen LogP contribution in [0, 0.1) is 0 Å². The van der Waals surface area contributed by atoms with E-state index in [1.807, 2.05) is 30.3 Å². The predicted molar refractivity (Wildman–Crippen MR) is 97.3 cm³/mol. The van der Waals surface area contributed by atoms with E-state index in [9.17, 15) is 13.5 Å². The largest absolute Gasteiger partial charge is 0.457 e. The summed E-state index contributed by atoms with van der Waals surface area (Å²) >= 11 is 0. The third kappa shape index (κ3) is 4.66. The Balaban J connectivity index is 1.64. The number of nitrogens with one attached hydrogen (secondary N) is 1. The van der Waals surface area contributed by atoms with E-state index in [0.717, 1.165) is 0 Å². The number of aliphatic hydroxyl groups excluding tert-OH is 1. The first kappa shape index (κ1) is 18.1. The minimum absolute atomic E-state index is 0.0890. The van der Waals surface area contributed by atoms with Gasteiger partial charge in [-0.05, 0) is 48.5 Å². The van der Waals surface area contributed by atoms with Crippen LogP contribution >= 0.6 is 0 Å². The first-order valence-electron chi connectivity index (χ1n) is 7.96. The van der Waals surface area contributed by atoms with E-state index in [1.54, 1.807) is 36.5 Å². The lowest BCUT2D eigenvalue weighted by Gasteiger charge is -2.12. The van der Waals surface area contributed by atoms with Crippen LogP contribution in [-0.4, -0.2) is 25.1 Å². The molecule has 26 heavy (non-hydrogen) atoms. The molecule has 6 nitrogen and oxygen atoms in total. The Kier molecular flexibility index (Phi) is 5.62. The lowest BCUT2D eigenvalue weighted by molar-refractivity contribution is 0.177. The van der Waals surface area contributed by atoms with Gasteiger partial charge in [0, 0.05) is 12.7 Å². The lowest BCUT2D eigenvalue weighted by atomic mass is 10.2. The predicted octanol–water partition coefficient (Wildman–Crippen LogP) is 2.89. The van der Waals surface area contributed by atoms with E-state index in [1.165, 1.54) is 12.1 Å². The van der Waals surface area contributed by atoms with E-state index in [4.69, 9.17) is 4.74 Å². The number of ether oxygens (including phenoxy) is 1. The highest BCUT2D eigenvalue weighted by Gasteiger charge is 2.17. The normalized spacial score (nSPS) is 12.5. The fourth-order valence-electron chi connectivity index (χ4n) is 2.26. The molecule has 0 amide bonds. The molecule has 2 aromatic carbocycles. The topological polar surface area (TPSA) is 88.5 Å². The molecule has 7 heteroatoms. The highest BCUT2D eigenvalue weighted by molar-refractivity contribution is 7.89. The lowest BCUT2D eigenvalue weighted by Crippen LogP contribution is -2.28. The molecule has 1 atom stereocenters. The zero-order chi connectivity index (χ0) is 18.4. The van der Waals surface area contributed by atoms with Gasteiger partial charge in [-0.25, -0.2) is 13.1 Å². The van der Waals surface area contributed by atoms with Gasteiger partial charge in [-0.1, -0.05) is 24.3 Å². The molecule has 1 heterocycles. The Hall–Kier alpha value is -2.74. The Morgan fingerprint density at radius 2 is 1.58 bits per heavy atom. The summed E-state index contributed by atoms with van der Waals surface area (Å²) in [5, 5.41) is 10.0. The van der Waals surface area contributed by atoms with Gasteiger partial charge in [-0.15, -0.1) is 0 Å². The first-order valence-corrected chi connectivity index (χ1v) is 9.44. The van der Waals surface area contributed by atoms with Gasteiger partial charge < -0.3 is 9.84 Å². The van der Waals surface area contributed by atoms with Crippen LogP contribution < -0.4 is 9.46 Å². The van der Waals surface area contributed by atoms with Crippen LogP contribution in [-0.2, 0) is 10.0 Å². The smallest absolute Gasteiger partial charge is 0.240 e. The highest BCUT2D eigenvalue weighted by atomic mass is 32.2. The zero-order valence-electron chi connectivity index (χ0n) is 13.8. The number of hydrogen-bond acceptors (Lipinski definition) is 5. The van der Waals surface area contributed by atoms with Gasteiger partial charge in [0.05, 0.1) is 10.6 Å². The molecule has 0 saturated heterocycles. The van der Waals surface area contributed by atoms with Gasteiger partial charge in [-0.2, -0.15) is 0 Å². The van der Waals surface area contributed by atoms with Crippen LogP contribution in [0.4, 0.5) is 0 Å². The number of aliphatic hydroxyl groups is 1. The van der Waals surface area contributed by atoms with Crippen LogP contribution in [0.3, 0.4) is 0 Å². The number of pyridine rings is 1. The SMILES string of the molecule is O=S(=O)(NCC(O)c1ccccn1)c1ccc(Oc2ccccc2)cc1. The number of aromatic nitrogens is 1. The Morgan fingerprint density at radius 3 is 2.23 bits per heavy atom. The molecule has 134 valence electrons. The molecule has 0 aliphatic heterocycles. The minimum atomic E-state index is -3.75. The monoisotopic (exact) mass is 370 g/mol.